The van der Waals surface area contributed by atoms with E-state index in [0.29, 0.717) is 11.5 Å². The van der Waals surface area contributed by atoms with Gasteiger partial charge < -0.3 is 17.2 Å². The van der Waals surface area contributed by atoms with Crippen molar-refractivity contribution in [3.05, 3.63) is 35.4 Å². The maximum Gasteiger partial charge on any atom is 0.231 e. The fraction of sp³-hybridized carbons (Fsp3) is 0.250. The summed E-state index contributed by atoms with van der Waals surface area (Å²) in [5.74, 6) is -1.04. The molecule has 0 aliphatic rings. The molecular formula is C12H16N4O2S. The number of thiocarbonyl (C=S) groups is 1. The van der Waals surface area contributed by atoms with Gasteiger partial charge in [-0.3, -0.25) is 14.5 Å². The number of hydrogen-bond acceptors (Lipinski definition) is 4. The molecule has 1 aromatic rings. The number of nitrogens with two attached hydrogens (primary N) is 3. The first-order chi connectivity index (χ1) is 8.88. The number of rotatable bonds is 7. The average molecular weight is 280 g/mol. The standard InChI is InChI=1S/C12H16N4O2S/c13-10(17)6-16(7-11(14)18)5-8-2-1-3-9(4-8)12(15)19/h1-4H,5-7H2,(H2,13,17)(H2,14,18)(H2,15,19). The van der Waals surface area contributed by atoms with Crippen LogP contribution in [0.4, 0.5) is 0 Å². The third kappa shape index (κ3) is 5.45. The van der Waals surface area contributed by atoms with Crippen LogP contribution in [0.1, 0.15) is 11.1 Å². The van der Waals surface area contributed by atoms with Crippen molar-refractivity contribution in [3.8, 4) is 0 Å². The molecule has 2 amide bonds. The Hall–Kier alpha value is -1.99. The second kappa shape index (κ2) is 6.81. The van der Waals surface area contributed by atoms with Crippen LogP contribution in [0.3, 0.4) is 0 Å². The Morgan fingerprint density at radius 2 is 1.68 bits per heavy atom. The van der Waals surface area contributed by atoms with Gasteiger partial charge in [0.25, 0.3) is 0 Å². The highest BCUT2D eigenvalue weighted by atomic mass is 32.1. The Labute approximate surface area is 116 Å². The molecule has 102 valence electrons. The molecule has 0 atom stereocenters. The molecule has 0 heterocycles. The minimum absolute atomic E-state index is 0.0414. The van der Waals surface area contributed by atoms with Crippen molar-refractivity contribution in [1.29, 1.82) is 0 Å². The molecule has 19 heavy (non-hydrogen) atoms. The van der Waals surface area contributed by atoms with Gasteiger partial charge in [-0.15, -0.1) is 0 Å². The van der Waals surface area contributed by atoms with Gasteiger partial charge in [0.15, 0.2) is 0 Å². The smallest absolute Gasteiger partial charge is 0.231 e. The zero-order valence-corrected chi connectivity index (χ0v) is 11.2. The maximum absolute atomic E-state index is 10.9. The van der Waals surface area contributed by atoms with E-state index in [9.17, 15) is 9.59 Å². The number of carbonyl (C=O) groups excluding carboxylic acids is 2. The highest BCUT2D eigenvalue weighted by molar-refractivity contribution is 7.80. The Morgan fingerprint density at radius 1 is 1.11 bits per heavy atom. The Bertz CT molecular complexity index is 488. The van der Waals surface area contributed by atoms with Gasteiger partial charge in [-0.2, -0.15) is 0 Å². The van der Waals surface area contributed by atoms with Crippen LogP contribution in [0, 0.1) is 0 Å². The second-order valence-electron chi connectivity index (χ2n) is 4.14. The molecule has 0 saturated heterocycles. The minimum Gasteiger partial charge on any atom is -0.389 e. The van der Waals surface area contributed by atoms with Crippen molar-refractivity contribution in [1.82, 2.24) is 4.90 Å². The fourth-order valence-electron chi connectivity index (χ4n) is 1.69. The van der Waals surface area contributed by atoms with Crippen molar-refractivity contribution in [2.75, 3.05) is 13.1 Å². The van der Waals surface area contributed by atoms with Crippen LogP contribution in [-0.4, -0.2) is 34.8 Å². The number of amides is 2. The Balaban J connectivity index is 2.82. The molecule has 6 N–H and O–H groups in total. The monoisotopic (exact) mass is 280 g/mol. The summed E-state index contributed by atoms with van der Waals surface area (Å²) in [7, 11) is 0. The minimum atomic E-state index is -0.522. The van der Waals surface area contributed by atoms with Crippen LogP contribution in [0.25, 0.3) is 0 Å². The van der Waals surface area contributed by atoms with E-state index >= 15 is 0 Å². The molecule has 0 aliphatic carbocycles. The first-order valence-corrected chi connectivity index (χ1v) is 5.97. The number of primary amides is 2. The fourth-order valence-corrected chi connectivity index (χ4v) is 1.82. The SMILES string of the molecule is NC(=O)CN(CC(N)=O)Cc1cccc(C(N)=S)c1. The van der Waals surface area contributed by atoms with Crippen LogP contribution in [0.15, 0.2) is 24.3 Å². The summed E-state index contributed by atoms with van der Waals surface area (Å²) in [5.41, 5.74) is 17.4. The highest BCUT2D eigenvalue weighted by Gasteiger charge is 2.12. The summed E-state index contributed by atoms with van der Waals surface area (Å²) in [5, 5.41) is 0. The first kappa shape index (κ1) is 15.1. The van der Waals surface area contributed by atoms with Crippen molar-refractivity contribution in [3.63, 3.8) is 0 Å². The lowest BCUT2D eigenvalue weighted by Crippen LogP contribution is -2.39. The van der Waals surface area contributed by atoms with Crippen molar-refractivity contribution in [2.45, 2.75) is 6.54 Å². The van der Waals surface area contributed by atoms with Gasteiger partial charge in [-0.05, 0) is 11.6 Å². The van der Waals surface area contributed by atoms with Gasteiger partial charge in [0.2, 0.25) is 11.8 Å². The van der Waals surface area contributed by atoms with E-state index in [2.05, 4.69) is 0 Å². The van der Waals surface area contributed by atoms with E-state index in [1.165, 1.54) is 0 Å². The third-order valence-corrected chi connectivity index (χ3v) is 2.61. The molecule has 7 heteroatoms. The van der Waals surface area contributed by atoms with Crippen molar-refractivity contribution in [2.24, 2.45) is 17.2 Å². The molecule has 0 unspecified atom stereocenters. The molecule has 0 spiro atoms. The molecule has 1 rings (SSSR count). The predicted octanol–water partition coefficient (Wildman–Crippen LogP) is -0.907. The molecule has 1 aromatic carbocycles. The molecule has 0 saturated carbocycles. The normalized spacial score (nSPS) is 10.4. The van der Waals surface area contributed by atoms with Gasteiger partial charge in [0.1, 0.15) is 4.99 Å². The molecule has 0 aromatic heterocycles. The first-order valence-electron chi connectivity index (χ1n) is 5.56. The van der Waals surface area contributed by atoms with Crippen LogP contribution >= 0.6 is 12.2 Å². The van der Waals surface area contributed by atoms with Gasteiger partial charge in [0, 0.05) is 12.1 Å². The summed E-state index contributed by atoms with van der Waals surface area (Å²) in [6.45, 7) is 0.281. The Kier molecular flexibility index (Phi) is 5.40. The summed E-state index contributed by atoms with van der Waals surface area (Å²) in [4.78, 5) is 23.7. The van der Waals surface area contributed by atoms with Crippen molar-refractivity contribution < 1.29 is 9.59 Å². The predicted molar refractivity (Wildman–Crippen MR) is 76.0 cm³/mol. The van der Waals surface area contributed by atoms with E-state index < -0.39 is 11.8 Å². The average Bonchev–Trinajstić information content (AvgIpc) is 2.27. The lowest BCUT2D eigenvalue weighted by molar-refractivity contribution is -0.122. The van der Waals surface area contributed by atoms with E-state index in [-0.39, 0.29) is 13.1 Å². The number of benzene rings is 1. The van der Waals surface area contributed by atoms with Crippen LogP contribution in [0.2, 0.25) is 0 Å². The van der Waals surface area contributed by atoms with E-state index in [0.717, 1.165) is 11.1 Å². The lowest BCUT2D eigenvalue weighted by Gasteiger charge is -2.19. The highest BCUT2D eigenvalue weighted by Crippen LogP contribution is 2.08. The third-order valence-electron chi connectivity index (χ3n) is 2.38. The quantitative estimate of drug-likeness (QED) is 0.559. The molecule has 0 bridgehead atoms. The van der Waals surface area contributed by atoms with Gasteiger partial charge >= 0.3 is 0 Å². The molecular weight excluding hydrogens is 264 g/mol. The van der Waals surface area contributed by atoms with Gasteiger partial charge in [0.05, 0.1) is 13.1 Å². The van der Waals surface area contributed by atoms with Crippen LogP contribution in [0.5, 0.6) is 0 Å². The summed E-state index contributed by atoms with van der Waals surface area (Å²) >= 11 is 4.89. The van der Waals surface area contributed by atoms with Crippen LogP contribution in [-0.2, 0) is 16.1 Å². The maximum atomic E-state index is 10.9. The van der Waals surface area contributed by atoms with Gasteiger partial charge in [-0.1, -0.05) is 30.4 Å². The summed E-state index contributed by atoms with van der Waals surface area (Å²) in [6.07, 6.45) is 0. The topological polar surface area (TPSA) is 115 Å². The molecule has 0 fully saturated rings. The van der Waals surface area contributed by atoms with E-state index in [1.807, 2.05) is 6.07 Å². The number of carbonyl (C=O) groups is 2. The zero-order chi connectivity index (χ0) is 14.4. The second-order valence-corrected chi connectivity index (χ2v) is 4.58. The zero-order valence-electron chi connectivity index (χ0n) is 10.3. The molecule has 0 aliphatic heterocycles. The van der Waals surface area contributed by atoms with Crippen LogP contribution < -0.4 is 17.2 Å². The summed E-state index contributed by atoms with van der Waals surface area (Å²) in [6, 6.07) is 7.24. The lowest BCUT2D eigenvalue weighted by atomic mass is 10.1. The summed E-state index contributed by atoms with van der Waals surface area (Å²) < 4.78 is 0. The van der Waals surface area contributed by atoms with E-state index in [4.69, 9.17) is 29.4 Å². The van der Waals surface area contributed by atoms with E-state index in [1.54, 1.807) is 23.1 Å². The van der Waals surface area contributed by atoms with Crippen molar-refractivity contribution >= 4 is 29.0 Å². The molecule has 0 radical (unpaired) electrons. The molecule has 6 nitrogen and oxygen atoms in total. The Morgan fingerprint density at radius 3 is 2.16 bits per heavy atom. The number of hydrogen-bond donors (Lipinski definition) is 3. The largest absolute Gasteiger partial charge is 0.389 e. The van der Waals surface area contributed by atoms with Gasteiger partial charge in [-0.25, -0.2) is 0 Å². The number of nitrogens with zero attached hydrogens (tertiary/aromatic N) is 1.